The van der Waals surface area contributed by atoms with Crippen LogP contribution in [-0.2, 0) is 12.0 Å². The van der Waals surface area contributed by atoms with Gasteiger partial charge < -0.3 is 5.73 Å². The maximum Gasteiger partial charge on any atom is 0.0571 e. The van der Waals surface area contributed by atoms with E-state index < -0.39 is 0 Å². The van der Waals surface area contributed by atoms with E-state index in [0.717, 1.165) is 23.4 Å². The molecule has 0 aliphatic heterocycles. The molecule has 2 N–H and O–H groups in total. The average molecular weight is 256 g/mol. The van der Waals surface area contributed by atoms with Crippen LogP contribution in [-0.4, -0.2) is 4.98 Å². The van der Waals surface area contributed by atoms with Crippen molar-refractivity contribution in [1.29, 1.82) is 0 Å². The normalized spacial score (nSPS) is 39.8. The zero-order chi connectivity index (χ0) is 13.0. The molecule has 4 aliphatic carbocycles. The molecule has 1 heterocycles. The van der Waals surface area contributed by atoms with Crippen molar-refractivity contribution in [3.05, 3.63) is 29.1 Å². The van der Waals surface area contributed by atoms with Gasteiger partial charge in [0, 0.05) is 12.7 Å². The summed E-state index contributed by atoms with van der Waals surface area (Å²) < 4.78 is 0. The van der Waals surface area contributed by atoms with Gasteiger partial charge in [-0.3, -0.25) is 4.98 Å². The molecule has 4 bridgehead atoms. The summed E-state index contributed by atoms with van der Waals surface area (Å²) in [6, 6.07) is 2.29. The standard InChI is InChI=1S/C17H24N2/c1-11-15(2-3-19-16(11)10-18)17-7-12-4-13(8-17)6-14(5-12)9-17/h2-3,12-14H,4-10,18H2,1H3. The molecule has 4 fully saturated rings. The zero-order valence-corrected chi connectivity index (χ0v) is 11.9. The third kappa shape index (κ3) is 1.69. The van der Waals surface area contributed by atoms with E-state index in [0.29, 0.717) is 12.0 Å². The van der Waals surface area contributed by atoms with E-state index in [4.69, 9.17) is 5.73 Å². The minimum atomic E-state index is 0.478. The molecule has 0 amide bonds. The number of rotatable bonds is 2. The second kappa shape index (κ2) is 4.05. The predicted octanol–water partition coefficient (Wildman–Crippen LogP) is 3.32. The van der Waals surface area contributed by atoms with Gasteiger partial charge in [0.2, 0.25) is 0 Å². The smallest absolute Gasteiger partial charge is 0.0571 e. The van der Waals surface area contributed by atoms with Crippen LogP contribution in [0.3, 0.4) is 0 Å². The van der Waals surface area contributed by atoms with E-state index in [1.165, 1.54) is 44.1 Å². The van der Waals surface area contributed by atoms with Crippen molar-refractivity contribution < 1.29 is 0 Å². The van der Waals surface area contributed by atoms with Gasteiger partial charge in [0.05, 0.1) is 5.69 Å². The van der Waals surface area contributed by atoms with Crippen LogP contribution in [0.15, 0.2) is 12.3 Å². The highest BCUT2D eigenvalue weighted by molar-refractivity contribution is 5.37. The van der Waals surface area contributed by atoms with Crippen molar-refractivity contribution in [3.63, 3.8) is 0 Å². The van der Waals surface area contributed by atoms with Crippen molar-refractivity contribution in [3.8, 4) is 0 Å². The van der Waals surface area contributed by atoms with E-state index in [1.54, 1.807) is 5.56 Å². The Labute approximate surface area is 115 Å². The first kappa shape index (κ1) is 11.9. The van der Waals surface area contributed by atoms with Gasteiger partial charge in [-0.15, -0.1) is 0 Å². The second-order valence-corrected chi connectivity index (χ2v) is 7.33. The number of nitrogens with two attached hydrogens (primary N) is 1. The first-order valence-corrected chi connectivity index (χ1v) is 7.85. The monoisotopic (exact) mass is 256 g/mol. The lowest BCUT2D eigenvalue weighted by Gasteiger charge is -2.57. The van der Waals surface area contributed by atoms with Crippen LogP contribution in [0.25, 0.3) is 0 Å². The molecule has 2 heteroatoms. The number of pyridine rings is 1. The van der Waals surface area contributed by atoms with Crippen LogP contribution in [0.1, 0.15) is 55.3 Å². The lowest BCUT2D eigenvalue weighted by Crippen LogP contribution is -2.48. The van der Waals surface area contributed by atoms with Crippen molar-refractivity contribution in [2.75, 3.05) is 0 Å². The van der Waals surface area contributed by atoms with Crippen molar-refractivity contribution >= 4 is 0 Å². The van der Waals surface area contributed by atoms with E-state index in [1.807, 2.05) is 6.20 Å². The lowest BCUT2D eigenvalue weighted by molar-refractivity contribution is -0.00554. The Bertz CT molecular complexity index is 471. The molecular formula is C17H24N2. The molecule has 0 spiro atoms. The largest absolute Gasteiger partial charge is 0.325 e. The second-order valence-electron chi connectivity index (χ2n) is 7.33. The third-order valence-electron chi connectivity index (χ3n) is 6.11. The quantitative estimate of drug-likeness (QED) is 0.881. The maximum absolute atomic E-state index is 5.85. The molecule has 0 unspecified atom stereocenters. The molecule has 2 nitrogen and oxygen atoms in total. The Morgan fingerprint density at radius 2 is 1.74 bits per heavy atom. The van der Waals surface area contributed by atoms with Crippen LogP contribution >= 0.6 is 0 Å². The molecule has 5 rings (SSSR count). The van der Waals surface area contributed by atoms with Crippen LogP contribution < -0.4 is 5.73 Å². The lowest BCUT2D eigenvalue weighted by atomic mass is 9.47. The molecule has 19 heavy (non-hydrogen) atoms. The minimum Gasteiger partial charge on any atom is -0.325 e. The maximum atomic E-state index is 5.85. The zero-order valence-electron chi connectivity index (χ0n) is 11.9. The van der Waals surface area contributed by atoms with Crippen molar-refractivity contribution in [1.82, 2.24) is 4.98 Å². The van der Waals surface area contributed by atoms with Gasteiger partial charge in [0.1, 0.15) is 0 Å². The Hall–Kier alpha value is -0.890. The van der Waals surface area contributed by atoms with Crippen molar-refractivity contribution in [2.24, 2.45) is 23.5 Å². The van der Waals surface area contributed by atoms with Crippen LogP contribution in [0.5, 0.6) is 0 Å². The van der Waals surface area contributed by atoms with Crippen molar-refractivity contribution in [2.45, 2.75) is 57.4 Å². The molecule has 0 saturated heterocycles. The summed E-state index contributed by atoms with van der Waals surface area (Å²) in [6.07, 6.45) is 10.8. The summed E-state index contributed by atoms with van der Waals surface area (Å²) in [7, 11) is 0. The first-order chi connectivity index (χ1) is 9.20. The van der Waals surface area contributed by atoms with Gasteiger partial charge in [-0.05, 0) is 85.8 Å². The highest BCUT2D eigenvalue weighted by Crippen LogP contribution is 2.61. The van der Waals surface area contributed by atoms with Gasteiger partial charge >= 0.3 is 0 Å². The molecule has 1 aromatic rings. The predicted molar refractivity (Wildman–Crippen MR) is 76.7 cm³/mol. The number of aromatic nitrogens is 1. The van der Waals surface area contributed by atoms with Crippen LogP contribution in [0.4, 0.5) is 0 Å². The first-order valence-electron chi connectivity index (χ1n) is 7.85. The Morgan fingerprint density at radius 3 is 2.26 bits per heavy atom. The minimum absolute atomic E-state index is 0.478. The number of nitrogens with zero attached hydrogens (tertiary/aromatic N) is 1. The highest BCUT2D eigenvalue weighted by Gasteiger charge is 2.52. The van der Waals surface area contributed by atoms with Crippen LogP contribution in [0, 0.1) is 24.7 Å². The molecule has 0 atom stereocenters. The molecule has 102 valence electrons. The summed E-state index contributed by atoms with van der Waals surface area (Å²) in [5.74, 6) is 3.00. The van der Waals surface area contributed by atoms with Gasteiger partial charge in [0.25, 0.3) is 0 Å². The SMILES string of the molecule is Cc1c(C23CC4CC(CC(C4)C2)C3)ccnc1CN. The molecule has 4 aliphatic rings. The molecule has 1 aromatic heterocycles. The molecule has 4 saturated carbocycles. The third-order valence-corrected chi connectivity index (χ3v) is 6.11. The number of hydrogen-bond donors (Lipinski definition) is 1. The van der Waals surface area contributed by atoms with Gasteiger partial charge in [-0.25, -0.2) is 0 Å². The average Bonchev–Trinajstić information content (AvgIpc) is 2.37. The van der Waals surface area contributed by atoms with Gasteiger partial charge in [-0.2, -0.15) is 0 Å². The summed E-state index contributed by atoms with van der Waals surface area (Å²) in [4.78, 5) is 4.46. The fourth-order valence-corrected chi connectivity index (χ4v) is 5.80. The Balaban J connectivity index is 1.79. The Kier molecular flexibility index (Phi) is 2.54. The summed E-state index contributed by atoms with van der Waals surface area (Å²) in [6.45, 7) is 2.81. The topological polar surface area (TPSA) is 38.9 Å². The molecule has 0 aromatic carbocycles. The highest BCUT2D eigenvalue weighted by atomic mass is 14.7. The van der Waals surface area contributed by atoms with Gasteiger partial charge in [-0.1, -0.05) is 0 Å². The summed E-state index contributed by atoms with van der Waals surface area (Å²) >= 11 is 0. The van der Waals surface area contributed by atoms with Gasteiger partial charge in [0.15, 0.2) is 0 Å². The molecule has 0 radical (unpaired) electrons. The summed E-state index contributed by atoms with van der Waals surface area (Å²) in [5, 5.41) is 0. The van der Waals surface area contributed by atoms with E-state index in [9.17, 15) is 0 Å². The van der Waals surface area contributed by atoms with E-state index >= 15 is 0 Å². The Morgan fingerprint density at radius 1 is 1.16 bits per heavy atom. The number of hydrogen-bond acceptors (Lipinski definition) is 2. The van der Waals surface area contributed by atoms with E-state index in [-0.39, 0.29) is 0 Å². The molecular weight excluding hydrogens is 232 g/mol. The van der Waals surface area contributed by atoms with E-state index in [2.05, 4.69) is 18.0 Å². The fraction of sp³-hybridized carbons (Fsp3) is 0.706. The fourth-order valence-electron chi connectivity index (χ4n) is 5.80. The van der Waals surface area contributed by atoms with Crippen LogP contribution in [0.2, 0.25) is 0 Å². The summed E-state index contributed by atoms with van der Waals surface area (Å²) in [5.41, 5.74) is 10.4.